The Morgan fingerprint density at radius 1 is 1.04 bits per heavy atom. The Bertz CT molecular complexity index is 655. The highest BCUT2D eigenvalue weighted by molar-refractivity contribution is 5.78. The zero-order chi connectivity index (χ0) is 16.8. The van der Waals surface area contributed by atoms with Crippen LogP contribution < -0.4 is 5.32 Å². The van der Waals surface area contributed by atoms with Gasteiger partial charge in [0, 0.05) is 26.1 Å². The quantitative estimate of drug-likeness (QED) is 0.823. The molecule has 2 N–H and O–H groups in total. The summed E-state index contributed by atoms with van der Waals surface area (Å²) in [7, 11) is 0. The van der Waals surface area contributed by atoms with Gasteiger partial charge in [0.2, 0.25) is 5.91 Å². The van der Waals surface area contributed by atoms with Crippen LogP contribution in [-0.4, -0.2) is 29.0 Å². The topological polar surface area (TPSA) is 52.6 Å². The van der Waals surface area contributed by atoms with Crippen LogP contribution in [0.5, 0.6) is 0 Å². The first-order valence-corrected chi connectivity index (χ1v) is 8.51. The average Bonchev–Trinajstić information content (AvgIpc) is 3.04. The molecule has 2 aromatic rings. The Labute approximate surface area is 143 Å². The van der Waals surface area contributed by atoms with Crippen molar-refractivity contribution in [2.75, 3.05) is 13.1 Å². The monoisotopic (exact) mass is 324 g/mol. The maximum Gasteiger partial charge on any atom is 0.222 e. The fourth-order valence-electron chi connectivity index (χ4n) is 3.09. The predicted molar refractivity (Wildman–Crippen MR) is 94.2 cm³/mol. The van der Waals surface area contributed by atoms with Crippen LogP contribution in [0.4, 0.5) is 0 Å². The standard InChI is InChI=1S/C20H24N2O2/c23-15-17-10-8-16(9-11-17)13-21-19(18-5-2-1-3-6-18)14-22-12-4-7-20(22)24/h1-3,5-6,8-11,19,21,23H,4,7,12-15H2. The lowest BCUT2D eigenvalue weighted by Gasteiger charge is -2.25. The van der Waals surface area contributed by atoms with Crippen molar-refractivity contribution in [3.05, 3.63) is 71.3 Å². The molecule has 4 nitrogen and oxygen atoms in total. The van der Waals surface area contributed by atoms with Gasteiger partial charge in [0.05, 0.1) is 12.6 Å². The summed E-state index contributed by atoms with van der Waals surface area (Å²) in [6, 6.07) is 18.3. The maximum atomic E-state index is 12.0. The highest BCUT2D eigenvalue weighted by Crippen LogP contribution is 2.19. The Balaban J connectivity index is 1.68. The molecule has 2 aromatic carbocycles. The zero-order valence-electron chi connectivity index (χ0n) is 13.8. The molecule has 24 heavy (non-hydrogen) atoms. The lowest BCUT2D eigenvalue weighted by molar-refractivity contribution is -0.128. The van der Waals surface area contributed by atoms with E-state index in [1.54, 1.807) is 0 Å². The fraction of sp³-hybridized carbons (Fsp3) is 0.350. The number of aliphatic hydroxyl groups excluding tert-OH is 1. The number of aliphatic hydroxyl groups is 1. The molecule has 0 bridgehead atoms. The third kappa shape index (κ3) is 4.22. The minimum atomic E-state index is 0.0669. The average molecular weight is 324 g/mol. The first-order chi connectivity index (χ1) is 11.8. The summed E-state index contributed by atoms with van der Waals surface area (Å²) in [4.78, 5) is 13.9. The number of hydrogen-bond acceptors (Lipinski definition) is 3. The van der Waals surface area contributed by atoms with Crippen LogP contribution in [0.25, 0.3) is 0 Å². The number of nitrogens with one attached hydrogen (secondary N) is 1. The van der Waals surface area contributed by atoms with E-state index in [0.717, 1.165) is 25.1 Å². The fourth-order valence-corrected chi connectivity index (χ4v) is 3.09. The van der Waals surface area contributed by atoms with Crippen LogP contribution in [-0.2, 0) is 17.9 Å². The van der Waals surface area contributed by atoms with E-state index in [-0.39, 0.29) is 18.6 Å². The summed E-state index contributed by atoms with van der Waals surface area (Å²) in [5, 5.41) is 12.7. The lowest BCUT2D eigenvalue weighted by atomic mass is 10.1. The minimum Gasteiger partial charge on any atom is -0.392 e. The number of nitrogens with zero attached hydrogens (tertiary/aromatic N) is 1. The molecule has 0 aliphatic carbocycles. The van der Waals surface area contributed by atoms with Crippen LogP contribution in [0.15, 0.2) is 54.6 Å². The van der Waals surface area contributed by atoms with E-state index in [4.69, 9.17) is 5.11 Å². The third-order valence-electron chi connectivity index (χ3n) is 4.53. The first kappa shape index (κ1) is 16.7. The van der Waals surface area contributed by atoms with Crippen molar-refractivity contribution in [1.82, 2.24) is 10.2 Å². The molecule has 0 saturated carbocycles. The highest BCUT2D eigenvalue weighted by Gasteiger charge is 2.24. The van der Waals surface area contributed by atoms with E-state index in [0.29, 0.717) is 13.0 Å². The number of likely N-dealkylation sites (tertiary alicyclic amines) is 1. The van der Waals surface area contributed by atoms with Gasteiger partial charge in [-0.25, -0.2) is 0 Å². The van der Waals surface area contributed by atoms with Crippen LogP contribution >= 0.6 is 0 Å². The summed E-state index contributed by atoms with van der Waals surface area (Å²) in [6.07, 6.45) is 1.63. The van der Waals surface area contributed by atoms with Crippen LogP contribution in [0, 0.1) is 0 Å². The van der Waals surface area contributed by atoms with Gasteiger partial charge in [-0.2, -0.15) is 0 Å². The Morgan fingerprint density at radius 3 is 2.38 bits per heavy atom. The zero-order valence-corrected chi connectivity index (χ0v) is 13.8. The molecule has 1 unspecified atom stereocenters. The number of hydrogen-bond donors (Lipinski definition) is 2. The molecule has 126 valence electrons. The molecule has 1 heterocycles. The van der Waals surface area contributed by atoms with E-state index in [2.05, 4.69) is 17.4 Å². The van der Waals surface area contributed by atoms with Crippen molar-refractivity contribution in [1.29, 1.82) is 0 Å². The van der Waals surface area contributed by atoms with E-state index >= 15 is 0 Å². The van der Waals surface area contributed by atoms with Gasteiger partial charge >= 0.3 is 0 Å². The third-order valence-corrected chi connectivity index (χ3v) is 4.53. The highest BCUT2D eigenvalue weighted by atomic mass is 16.3. The van der Waals surface area contributed by atoms with Gasteiger partial charge in [0.1, 0.15) is 0 Å². The SMILES string of the molecule is O=C1CCCN1CC(NCc1ccc(CO)cc1)c1ccccc1. The molecule has 0 aromatic heterocycles. The molecule has 3 rings (SSSR count). The van der Waals surface area contributed by atoms with E-state index in [1.807, 2.05) is 47.4 Å². The Kier molecular flexibility index (Phi) is 5.62. The second-order valence-electron chi connectivity index (χ2n) is 6.26. The van der Waals surface area contributed by atoms with Gasteiger partial charge in [0.25, 0.3) is 0 Å². The van der Waals surface area contributed by atoms with Crippen LogP contribution in [0.1, 0.15) is 35.6 Å². The van der Waals surface area contributed by atoms with E-state index in [1.165, 1.54) is 11.1 Å². The summed E-state index contributed by atoms with van der Waals surface area (Å²) in [6.45, 7) is 2.36. The minimum absolute atomic E-state index is 0.0669. The molecule has 1 saturated heterocycles. The summed E-state index contributed by atoms with van der Waals surface area (Å²) in [5.74, 6) is 0.255. The Hall–Kier alpha value is -2.17. The molecule has 0 spiro atoms. The first-order valence-electron chi connectivity index (χ1n) is 8.51. The van der Waals surface area contributed by atoms with Gasteiger partial charge in [-0.3, -0.25) is 4.79 Å². The van der Waals surface area contributed by atoms with Crippen molar-refractivity contribution >= 4 is 5.91 Å². The molecule has 1 aliphatic heterocycles. The number of carbonyl (C=O) groups excluding carboxylic acids is 1. The van der Waals surface area contributed by atoms with Gasteiger partial charge in [0.15, 0.2) is 0 Å². The van der Waals surface area contributed by atoms with E-state index < -0.39 is 0 Å². The second kappa shape index (κ2) is 8.08. The maximum absolute atomic E-state index is 12.0. The molecule has 1 amide bonds. The summed E-state index contributed by atoms with van der Waals surface area (Å²) in [5.41, 5.74) is 3.28. The van der Waals surface area contributed by atoms with Crippen molar-refractivity contribution in [3.63, 3.8) is 0 Å². The van der Waals surface area contributed by atoms with Crippen molar-refractivity contribution in [2.24, 2.45) is 0 Å². The molecule has 4 heteroatoms. The number of benzene rings is 2. The molecular formula is C20H24N2O2. The number of amides is 1. The van der Waals surface area contributed by atoms with Crippen molar-refractivity contribution < 1.29 is 9.90 Å². The second-order valence-corrected chi connectivity index (χ2v) is 6.26. The van der Waals surface area contributed by atoms with Gasteiger partial charge in [-0.1, -0.05) is 54.6 Å². The summed E-state index contributed by atoms with van der Waals surface area (Å²) >= 11 is 0. The molecule has 0 radical (unpaired) electrons. The van der Waals surface area contributed by atoms with Crippen molar-refractivity contribution in [3.8, 4) is 0 Å². The smallest absolute Gasteiger partial charge is 0.222 e. The van der Waals surface area contributed by atoms with E-state index in [9.17, 15) is 4.79 Å². The van der Waals surface area contributed by atoms with Gasteiger partial charge < -0.3 is 15.3 Å². The molecule has 1 aliphatic rings. The van der Waals surface area contributed by atoms with Crippen LogP contribution in [0.2, 0.25) is 0 Å². The Morgan fingerprint density at radius 2 is 1.75 bits per heavy atom. The number of rotatable bonds is 7. The van der Waals surface area contributed by atoms with Gasteiger partial charge in [-0.05, 0) is 23.1 Å². The largest absolute Gasteiger partial charge is 0.392 e. The van der Waals surface area contributed by atoms with Crippen LogP contribution in [0.3, 0.4) is 0 Å². The van der Waals surface area contributed by atoms with Crippen molar-refractivity contribution in [2.45, 2.75) is 32.0 Å². The normalized spacial score (nSPS) is 15.7. The summed E-state index contributed by atoms with van der Waals surface area (Å²) < 4.78 is 0. The lowest BCUT2D eigenvalue weighted by Crippen LogP contribution is -2.35. The molecule has 1 atom stereocenters. The van der Waals surface area contributed by atoms with Gasteiger partial charge in [-0.15, -0.1) is 0 Å². The molecule has 1 fully saturated rings. The number of carbonyl (C=O) groups is 1. The molecular weight excluding hydrogens is 300 g/mol. The predicted octanol–water partition coefficient (Wildman–Crippen LogP) is 2.63.